The minimum atomic E-state index is -1.84. The van der Waals surface area contributed by atoms with Crippen molar-refractivity contribution in [3.8, 4) is 0 Å². The summed E-state index contributed by atoms with van der Waals surface area (Å²) in [6.45, 7) is 29.6. The van der Waals surface area contributed by atoms with Gasteiger partial charge in [-0.1, -0.05) is 67.0 Å². The molecule has 0 spiro atoms. The van der Waals surface area contributed by atoms with Gasteiger partial charge in [0.1, 0.15) is 6.29 Å². The maximum absolute atomic E-state index is 11.9. The number of carbonyl (C=O) groups is 1. The first-order valence-corrected chi connectivity index (χ1v) is 22.5. The normalized spacial score (nSPS) is 37.7. The molecule has 0 unspecified atom stereocenters. The van der Waals surface area contributed by atoms with Gasteiger partial charge in [0.25, 0.3) is 0 Å². The average Bonchev–Trinajstić information content (AvgIpc) is 3.17. The third kappa shape index (κ3) is 5.81. The van der Waals surface area contributed by atoms with Crippen LogP contribution in [0.2, 0.25) is 36.3 Å². The van der Waals surface area contributed by atoms with E-state index in [1.807, 2.05) is 0 Å². The molecule has 3 nitrogen and oxygen atoms in total. The Hall–Kier alpha value is -0.236. The van der Waals surface area contributed by atoms with Gasteiger partial charge in [-0.15, -0.1) is 0 Å². The van der Waals surface area contributed by atoms with Crippen molar-refractivity contribution in [2.45, 2.75) is 156 Å². The highest BCUT2D eigenvalue weighted by Crippen LogP contribution is 2.67. The molecule has 4 aliphatic carbocycles. The van der Waals surface area contributed by atoms with E-state index in [2.05, 4.69) is 87.7 Å². The molecule has 0 aromatic heterocycles. The maximum atomic E-state index is 11.9. The van der Waals surface area contributed by atoms with Crippen molar-refractivity contribution >= 4 is 22.9 Å². The predicted octanol–water partition coefficient (Wildman–Crippen LogP) is 10.2. The highest BCUT2D eigenvalue weighted by Gasteiger charge is 2.60. The van der Waals surface area contributed by atoms with Gasteiger partial charge >= 0.3 is 0 Å². The van der Waals surface area contributed by atoms with E-state index in [4.69, 9.17) is 8.85 Å². The fourth-order valence-corrected chi connectivity index (χ4v) is 11.6. The molecule has 0 aliphatic heterocycles. The first-order chi connectivity index (χ1) is 18.3. The summed E-state index contributed by atoms with van der Waals surface area (Å²) in [5, 5.41) is 0.472. The SMILES string of the molecule is CC(C)(C)[Si](C)(C)OC[C@H](CC=O)[C@H]1CC[C@H]2[C@@H]3CC=C4C[C@@H](O[Si](C)(C)C(C)(C)C)CC[C@]4(C)[C@H]3CC[C@]12C. The van der Waals surface area contributed by atoms with Gasteiger partial charge in [-0.25, -0.2) is 0 Å². The van der Waals surface area contributed by atoms with Gasteiger partial charge in [0, 0.05) is 19.1 Å². The van der Waals surface area contributed by atoms with Crippen LogP contribution in [-0.2, 0) is 13.6 Å². The van der Waals surface area contributed by atoms with Crippen LogP contribution in [0.4, 0.5) is 0 Å². The molecule has 0 saturated heterocycles. The highest BCUT2D eigenvalue weighted by atomic mass is 28.4. The van der Waals surface area contributed by atoms with Crippen LogP contribution in [0.15, 0.2) is 11.6 Å². The van der Waals surface area contributed by atoms with E-state index in [0.29, 0.717) is 35.2 Å². The summed E-state index contributed by atoms with van der Waals surface area (Å²) in [5.74, 6) is 3.38. The second kappa shape index (κ2) is 11.0. The zero-order valence-corrected chi connectivity index (χ0v) is 30.4. The molecule has 8 atom stereocenters. The average molecular weight is 589 g/mol. The zero-order valence-electron chi connectivity index (χ0n) is 28.4. The lowest BCUT2D eigenvalue weighted by Gasteiger charge is -2.59. The number of hydrogen-bond acceptors (Lipinski definition) is 3. The maximum Gasteiger partial charge on any atom is 0.192 e. The molecule has 0 aromatic rings. The molecule has 3 fully saturated rings. The number of rotatable bonds is 8. The fourth-order valence-electron chi connectivity index (χ4n) is 9.14. The smallest absolute Gasteiger partial charge is 0.192 e. The number of fused-ring (bicyclic) bond motifs is 5. The van der Waals surface area contributed by atoms with Crippen molar-refractivity contribution in [1.29, 1.82) is 0 Å². The highest BCUT2D eigenvalue weighted by molar-refractivity contribution is 6.74. The molecule has 0 radical (unpaired) electrons. The topological polar surface area (TPSA) is 35.5 Å². The van der Waals surface area contributed by atoms with E-state index in [0.717, 1.165) is 30.8 Å². The summed E-state index contributed by atoms with van der Waals surface area (Å²) in [5.41, 5.74) is 2.42. The summed E-state index contributed by atoms with van der Waals surface area (Å²) in [6.07, 6.45) is 15.2. The first-order valence-electron chi connectivity index (χ1n) is 16.7. The van der Waals surface area contributed by atoms with Crippen LogP contribution in [0.1, 0.15) is 113 Å². The number of aldehydes is 1. The molecule has 230 valence electrons. The van der Waals surface area contributed by atoms with Crippen LogP contribution in [-0.4, -0.2) is 35.6 Å². The van der Waals surface area contributed by atoms with Crippen molar-refractivity contribution in [3.05, 3.63) is 11.6 Å². The number of allylic oxidation sites excluding steroid dienone is 1. The van der Waals surface area contributed by atoms with Crippen LogP contribution < -0.4 is 0 Å². The summed E-state index contributed by atoms with van der Waals surface area (Å²) >= 11 is 0. The van der Waals surface area contributed by atoms with Gasteiger partial charge in [0.2, 0.25) is 0 Å². The molecule has 0 N–H and O–H groups in total. The van der Waals surface area contributed by atoms with Gasteiger partial charge in [0.05, 0.1) is 0 Å². The molecule has 0 bridgehead atoms. The van der Waals surface area contributed by atoms with E-state index >= 15 is 0 Å². The third-order valence-electron chi connectivity index (χ3n) is 13.8. The zero-order chi connectivity index (χ0) is 29.9. The van der Waals surface area contributed by atoms with Crippen molar-refractivity contribution in [2.75, 3.05) is 6.61 Å². The molecule has 0 aromatic carbocycles. The van der Waals surface area contributed by atoms with Crippen LogP contribution in [0.3, 0.4) is 0 Å². The molecule has 3 saturated carbocycles. The van der Waals surface area contributed by atoms with Gasteiger partial charge in [-0.3, -0.25) is 0 Å². The fraction of sp³-hybridized carbons (Fsp3) is 0.914. The summed E-state index contributed by atoms with van der Waals surface area (Å²) in [7, 11) is -3.59. The third-order valence-corrected chi connectivity index (χ3v) is 22.9. The standard InChI is InChI=1S/C35H64O3Si2/c1-32(2,3)39(9,10)37-24-25(19-22-36)29-15-16-30-28-14-13-26-23-27(38-40(11,12)33(4,5)6)17-20-34(26,7)31(28)18-21-35(29,30)8/h13,22,25,27-31H,14-21,23-24H2,1-12H3/t25-,27-,28-,29+,30-,31-,34-,35+/m0/s1. The van der Waals surface area contributed by atoms with Gasteiger partial charge in [0.15, 0.2) is 16.6 Å². The Morgan fingerprint density at radius 1 is 0.925 bits per heavy atom. The minimum absolute atomic E-state index is 0.204. The lowest BCUT2D eigenvalue weighted by Crippen LogP contribution is -2.52. The Labute approximate surface area is 250 Å². The molecule has 4 aliphatic rings. The summed E-state index contributed by atoms with van der Waals surface area (Å²) in [6, 6.07) is 0. The van der Waals surface area contributed by atoms with Gasteiger partial charge in [-0.2, -0.15) is 0 Å². The number of hydrogen-bond donors (Lipinski definition) is 0. The molecule has 4 rings (SSSR count). The molecule has 40 heavy (non-hydrogen) atoms. The van der Waals surface area contributed by atoms with E-state index in [9.17, 15) is 4.79 Å². The Bertz CT molecular complexity index is 957. The minimum Gasteiger partial charge on any atom is -0.417 e. The monoisotopic (exact) mass is 588 g/mol. The van der Waals surface area contributed by atoms with Crippen molar-refractivity contribution in [3.63, 3.8) is 0 Å². The van der Waals surface area contributed by atoms with Crippen molar-refractivity contribution in [1.82, 2.24) is 0 Å². The van der Waals surface area contributed by atoms with Crippen molar-refractivity contribution in [2.24, 2.45) is 40.4 Å². The second-order valence-corrected chi connectivity index (χ2v) is 27.5. The predicted molar refractivity (Wildman–Crippen MR) is 175 cm³/mol. The molecule has 0 amide bonds. The van der Waals surface area contributed by atoms with Crippen LogP contribution in [0.25, 0.3) is 0 Å². The van der Waals surface area contributed by atoms with Gasteiger partial charge in [-0.05, 0) is 128 Å². The van der Waals surface area contributed by atoms with E-state index in [1.54, 1.807) is 5.57 Å². The molecular formula is C35H64O3Si2. The van der Waals surface area contributed by atoms with Crippen LogP contribution in [0, 0.1) is 40.4 Å². The van der Waals surface area contributed by atoms with Gasteiger partial charge < -0.3 is 13.6 Å². The Morgan fingerprint density at radius 3 is 2.17 bits per heavy atom. The summed E-state index contributed by atoms with van der Waals surface area (Å²) in [4.78, 5) is 11.9. The van der Waals surface area contributed by atoms with Crippen LogP contribution >= 0.6 is 0 Å². The van der Waals surface area contributed by atoms with Crippen LogP contribution in [0.5, 0.6) is 0 Å². The van der Waals surface area contributed by atoms with E-state index in [-0.39, 0.29) is 10.1 Å². The lowest BCUT2D eigenvalue weighted by molar-refractivity contribution is -0.110. The van der Waals surface area contributed by atoms with E-state index < -0.39 is 16.6 Å². The van der Waals surface area contributed by atoms with E-state index in [1.165, 1.54) is 51.2 Å². The Kier molecular flexibility index (Phi) is 9.02. The lowest BCUT2D eigenvalue weighted by atomic mass is 9.47. The first kappa shape index (κ1) is 32.7. The Balaban J connectivity index is 1.49. The largest absolute Gasteiger partial charge is 0.417 e. The Morgan fingerprint density at radius 2 is 1.57 bits per heavy atom. The molecular weight excluding hydrogens is 525 g/mol. The second-order valence-electron chi connectivity index (χ2n) is 18.0. The number of carbonyl (C=O) groups excluding carboxylic acids is 1. The quantitative estimate of drug-likeness (QED) is 0.161. The molecule has 5 heteroatoms. The van der Waals surface area contributed by atoms with Crippen molar-refractivity contribution < 1.29 is 13.6 Å². The summed E-state index contributed by atoms with van der Waals surface area (Å²) < 4.78 is 13.7. The molecule has 0 heterocycles.